The Kier molecular flexibility index (Phi) is 4.76. The van der Waals surface area contributed by atoms with Gasteiger partial charge in [0.05, 0.1) is 29.6 Å². The predicted molar refractivity (Wildman–Crippen MR) is 70.7 cm³/mol. The molecule has 2 aromatic rings. The first-order chi connectivity index (χ1) is 6.97. The smallest absolute Gasteiger partial charge is 0.205 e. The zero-order valence-corrected chi connectivity index (χ0v) is 11.6. The summed E-state index contributed by atoms with van der Waals surface area (Å²) in [7, 11) is 0. The maximum atomic E-state index is 9.47. The summed E-state index contributed by atoms with van der Waals surface area (Å²) in [5.74, 6) is 0. The molecule has 0 fully saturated rings. The van der Waals surface area contributed by atoms with Crippen LogP contribution in [0.15, 0.2) is 48.5 Å². The lowest BCUT2D eigenvalue weighted by Gasteiger charge is -1.92. The second-order valence-corrected chi connectivity index (χ2v) is 11.2. The van der Waals surface area contributed by atoms with E-state index in [9.17, 15) is 8.42 Å². The normalized spacial score (nSPS) is 10.5. The molecule has 2 rings (SSSR count). The van der Waals surface area contributed by atoms with Crippen LogP contribution in [0.3, 0.4) is 0 Å². The second kappa shape index (κ2) is 5.63. The monoisotopic (exact) mass is 350 g/mol. The minimum Gasteiger partial charge on any atom is -0.205 e. The van der Waals surface area contributed by atoms with Gasteiger partial charge >= 0.3 is 0 Å². The number of fused-ring (bicyclic) bond motifs is 1. The van der Waals surface area contributed by atoms with E-state index in [2.05, 4.69) is 78.2 Å². The highest BCUT2D eigenvalue weighted by Gasteiger charge is 1.87. The molecule has 0 unspecified atom stereocenters. The van der Waals surface area contributed by atoms with Crippen molar-refractivity contribution >= 4 is 47.1 Å². The molecule has 2 aromatic carbocycles. The van der Waals surface area contributed by atoms with Crippen LogP contribution >= 0.6 is 29.6 Å². The summed E-state index contributed by atoms with van der Waals surface area (Å²) in [6, 6.07) is 16.7. The van der Waals surface area contributed by atoms with Crippen LogP contribution in [-0.4, -0.2) is 8.42 Å². The highest BCUT2D eigenvalue weighted by atomic mass is 79.9. The average molecular weight is 352 g/mol. The van der Waals surface area contributed by atoms with Crippen LogP contribution in [0.4, 0.5) is 0 Å². The van der Waals surface area contributed by atoms with Crippen molar-refractivity contribution in [1.29, 1.82) is 0 Å². The number of benzene rings is 2. The van der Waals surface area contributed by atoms with E-state index in [0.717, 1.165) is 0 Å². The first-order valence-electron chi connectivity index (χ1n) is 4.05. The molecule has 0 radical (unpaired) electrons. The van der Waals surface area contributed by atoms with Crippen LogP contribution in [0.2, 0.25) is 0 Å². The molecule has 0 aliphatic heterocycles. The molecular weight excluding hydrogens is 344 g/mol. The molecule has 0 atom stereocenters. The minimum absolute atomic E-state index is 1.31. The summed E-state index contributed by atoms with van der Waals surface area (Å²) >= 11 is 4.53. The van der Waals surface area contributed by atoms with Crippen LogP contribution in [-0.2, 0) is 6.70 Å². The fraction of sp³-hybridized carbons (Fsp3) is 0. The van der Waals surface area contributed by atoms with Crippen molar-refractivity contribution in [3.63, 3.8) is 0 Å². The standard InChI is InChI=1S/C10H8.Br2O2S/c1-2-6-10-8-4-3-7-9(10)5-1;1-5(2,3)4/h1-8H;. The van der Waals surface area contributed by atoms with E-state index in [1.54, 1.807) is 0 Å². The zero-order chi connectivity index (χ0) is 11.3. The Hall–Kier alpha value is -0.390. The SMILES string of the molecule is O=S(=O)(Br)Br.c1ccc2ccccc2c1. The molecule has 0 amide bonds. The molecule has 0 bridgehead atoms. The molecule has 0 aromatic heterocycles. The zero-order valence-electron chi connectivity index (χ0n) is 7.60. The van der Waals surface area contributed by atoms with Crippen LogP contribution in [0.1, 0.15) is 0 Å². The van der Waals surface area contributed by atoms with E-state index in [-0.39, 0.29) is 0 Å². The Bertz CT molecular complexity index is 464. The Morgan fingerprint density at radius 3 is 1.13 bits per heavy atom. The van der Waals surface area contributed by atoms with Crippen molar-refractivity contribution in [2.45, 2.75) is 0 Å². The quantitative estimate of drug-likeness (QED) is 0.675. The van der Waals surface area contributed by atoms with Gasteiger partial charge in [0.15, 0.2) is 0 Å². The van der Waals surface area contributed by atoms with Crippen LogP contribution < -0.4 is 0 Å². The number of hydrogen-bond acceptors (Lipinski definition) is 2. The van der Waals surface area contributed by atoms with Gasteiger partial charge < -0.3 is 0 Å². The van der Waals surface area contributed by atoms with Gasteiger partial charge in [-0.2, -0.15) is 0 Å². The molecule has 0 aliphatic rings. The van der Waals surface area contributed by atoms with Gasteiger partial charge in [-0.25, -0.2) is 8.42 Å². The summed E-state index contributed by atoms with van der Waals surface area (Å²) in [5, 5.41) is 2.62. The summed E-state index contributed by atoms with van der Waals surface area (Å²) in [6.07, 6.45) is 0. The lowest BCUT2D eigenvalue weighted by atomic mass is 10.1. The van der Waals surface area contributed by atoms with Crippen LogP contribution in [0, 0.1) is 0 Å². The highest BCUT2D eigenvalue weighted by Crippen LogP contribution is 2.11. The summed E-state index contributed by atoms with van der Waals surface area (Å²) in [5.41, 5.74) is 0. The second-order valence-electron chi connectivity index (χ2n) is 2.73. The van der Waals surface area contributed by atoms with Gasteiger partial charge in [0, 0.05) is 0 Å². The van der Waals surface area contributed by atoms with Gasteiger partial charge in [-0.1, -0.05) is 48.5 Å². The molecule has 0 saturated heterocycles. The van der Waals surface area contributed by atoms with Crippen LogP contribution in [0.25, 0.3) is 10.8 Å². The summed E-state index contributed by atoms with van der Waals surface area (Å²) in [6.45, 7) is -3.04. The van der Waals surface area contributed by atoms with E-state index in [1.807, 2.05) is 0 Å². The van der Waals surface area contributed by atoms with Gasteiger partial charge in [-0.3, -0.25) is 0 Å². The maximum Gasteiger partial charge on any atom is 0.268 e. The molecular formula is C10H8Br2O2S. The minimum atomic E-state index is -3.04. The first kappa shape index (κ1) is 12.7. The predicted octanol–water partition coefficient (Wildman–Crippen LogP) is 3.86. The third-order valence-corrected chi connectivity index (χ3v) is 1.66. The topological polar surface area (TPSA) is 34.1 Å². The van der Waals surface area contributed by atoms with Gasteiger partial charge in [0.2, 0.25) is 0 Å². The van der Waals surface area contributed by atoms with E-state index in [0.29, 0.717) is 0 Å². The van der Waals surface area contributed by atoms with Gasteiger partial charge in [0.1, 0.15) is 0 Å². The Labute approximate surface area is 104 Å². The van der Waals surface area contributed by atoms with Gasteiger partial charge in [-0.15, -0.1) is 0 Å². The third kappa shape index (κ3) is 5.92. The van der Waals surface area contributed by atoms with E-state index in [1.165, 1.54) is 10.8 Å². The van der Waals surface area contributed by atoms with Crippen LogP contribution in [0.5, 0.6) is 0 Å². The van der Waals surface area contributed by atoms with Crippen molar-refractivity contribution in [3.05, 3.63) is 48.5 Å². The Morgan fingerprint density at radius 2 is 0.933 bits per heavy atom. The molecule has 0 aliphatic carbocycles. The van der Waals surface area contributed by atoms with Gasteiger partial charge in [-0.05, 0) is 10.8 Å². The molecule has 2 nitrogen and oxygen atoms in total. The van der Waals surface area contributed by atoms with Gasteiger partial charge in [0.25, 0.3) is 6.70 Å². The lowest BCUT2D eigenvalue weighted by molar-refractivity contribution is 0.625. The fourth-order valence-electron chi connectivity index (χ4n) is 1.13. The maximum absolute atomic E-state index is 9.47. The molecule has 0 spiro atoms. The van der Waals surface area contributed by atoms with E-state index in [4.69, 9.17) is 0 Å². The molecule has 0 N–H and O–H groups in total. The molecule has 80 valence electrons. The summed E-state index contributed by atoms with van der Waals surface area (Å²) in [4.78, 5) is 0. The Morgan fingerprint density at radius 1 is 0.733 bits per heavy atom. The lowest BCUT2D eigenvalue weighted by Crippen LogP contribution is -1.67. The molecule has 5 heteroatoms. The van der Waals surface area contributed by atoms with E-state index < -0.39 is 6.70 Å². The largest absolute Gasteiger partial charge is 0.268 e. The van der Waals surface area contributed by atoms with Crippen molar-refractivity contribution in [2.24, 2.45) is 0 Å². The first-order valence-corrected chi connectivity index (χ1v) is 9.22. The average Bonchev–Trinajstić information content (AvgIpc) is 2.16. The van der Waals surface area contributed by atoms with Crippen molar-refractivity contribution in [3.8, 4) is 0 Å². The van der Waals surface area contributed by atoms with Crippen molar-refractivity contribution in [2.75, 3.05) is 0 Å². The highest BCUT2D eigenvalue weighted by molar-refractivity contribution is 9.79. The Balaban J connectivity index is 0.000000195. The number of halogens is 2. The van der Waals surface area contributed by atoms with Crippen molar-refractivity contribution in [1.82, 2.24) is 0 Å². The molecule has 0 saturated carbocycles. The fourth-order valence-corrected chi connectivity index (χ4v) is 1.13. The molecule has 15 heavy (non-hydrogen) atoms. The van der Waals surface area contributed by atoms with E-state index >= 15 is 0 Å². The molecule has 0 heterocycles. The number of hydrogen-bond donors (Lipinski definition) is 0. The van der Waals surface area contributed by atoms with Crippen molar-refractivity contribution < 1.29 is 8.42 Å². The third-order valence-electron chi connectivity index (χ3n) is 1.66. The summed E-state index contributed by atoms with van der Waals surface area (Å²) < 4.78 is 18.9. The number of rotatable bonds is 0.